The number of hydroxylamine groups is 2. The molecule has 1 aromatic rings. The maximum absolute atomic E-state index is 10.7. The van der Waals surface area contributed by atoms with Crippen molar-refractivity contribution in [3.05, 3.63) is 5.82 Å². The number of morpholine rings is 1. The van der Waals surface area contributed by atoms with E-state index in [2.05, 4.69) is 35.7 Å². The largest absolute Gasteiger partial charge is 0.741 e. The fourth-order valence-electron chi connectivity index (χ4n) is 2.06. The summed E-state index contributed by atoms with van der Waals surface area (Å²) in [5.41, 5.74) is -5.83. The summed E-state index contributed by atoms with van der Waals surface area (Å²) in [5, 5.41) is 0. The first-order chi connectivity index (χ1) is 12.7. The number of hydrogen-bond acceptors (Lipinski definition) is 9. The standard InChI is InChI=1S/C13H23N4O3.CHF3O3S/c1-13(2,3)10-14-11(16-12(15-10)18-4)17(19-5)6-8-20-9-7-17;2-1(3,4)8(5,6)7/h6-9H2,1-5H3;(H,5,6,7)/q+1;/p-1. The van der Waals surface area contributed by atoms with E-state index in [9.17, 15) is 13.2 Å². The highest BCUT2D eigenvalue weighted by Crippen LogP contribution is 2.27. The van der Waals surface area contributed by atoms with Crippen molar-refractivity contribution in [3.63, 3.8) is 0 Å². The van der Waals surface area contributed by atoms with E-state index in [1.165, 1.54) is 0 Å². The molecule has 0 radical (unpaired) electrons. The minimum absolute atomic E-state index is 0.186. The molecule has 0 aromatic carbocycles. The highest BCUT2D eigenvalue weighted by molar-refractivity contribution is 7.86. The summed E-state index contributed by atoms with van der Waals surface area (Å²) in [4.78, 5) is 19.0. The number of quaternary nitrogens is 1. The molecule has 1 saturated heterocycles. The van der Waals surface area contributed by atoms with Crippen molar-refractivity contribution < 1.29 is 40.5 Å². The molecule has 0 bridgehead atoms. The number of nitrogens with zero attached hydrogens (tertiary/aromatic N) is 4. The van der Waals surface area contributed by atoms with Crippen LogP contribution < -0.4 is 9.38 Å². The van der Waals surface area contributed by atoms with Gasteiger partial charge in [0.05, 0.1) is 27.4 Å². The van der Waals surface area contributed by atoms with Gasteiger partial charge in [-0.25, -0.2) is 8.42 Å². The van der Waals surface area contributed by atoms with Crippen LogP contribution in [0, 0.1) is 0 Å². The van der Waals surface area contributed by atoms with E-state index in [0.29, 0.717) is 44.1 Å². The van der Waals surface area contributed by atoms with Crippen LogP contribution in [0.1, 0.15) is 26.6 Å². The molecule has 2 rings (SSSR count). The first-order valence-electron chi connectivity index (χ1n) is 8.00. The smallest absolute Gasteiger partial charge is 0.485 e. The van der Waals surface area contributed by atoms with Gasteiger partial charge in [-0.05, 0) is 0 Å². The molecule has 0 atom stereocenters. The quantitative estimate of drug-likeness (QED) is 0.393. The van der Waals surface area contributed by atoms with Gasteiger partial charge in [0.15, 0.2) is 10.1 Å². The second-order valence-electron chi connectivity index (χ2n) is 6.73. The Kier molecular flexibility index (Phi) is 7.69. The second-order valence-corrected chi connectivity index (χ2v) is 8.10. The van der Waals surface area contributed by atoms with Crippen molar-refractivity contribution in [2.45, 2.75) is 31.7 Å². The van der Waals surface area contributed by atoms with Crippen LogP contribution >= 0.6 is 0 Å². The summed E-state index contributed by atoms with van der Waals surface area (Å²) in [5.74, 6) is 1.27. The SMILES string of the molecule is COc1nc(C(C)(C)C)nc([N+]2(OC)CCOCC2)n1.O=S(=O)([O-])C(F)(F)F. The van der Waals surface area contributed by atoms with Gasteiger partial charge in [0.1, 0.15) is 18.9 Å². The van der Waals surface area contributed by atoms with Crippen molar-refractivity contribution in [1.29, 1.82) is 0 Å². The first kappa shape index (κ1) is 24.4. The lowest BCUT2D eigenvalue weighted by atomic mass is 9.96. The van der Waals surface area contributed by atoms with Gasteiger partial charge in [0, 0.05) is 5.41 Å². The van der Waals surface area contributed by atoms with Crippen molar-refractivity contribution in [1.82, 2.24) is 19.6 Å². The van der Waals surface area contributed by atoms with Crippen LogP contribution in [0.15, 0.2) is 0 Å². The molecule has 2 heterocycles. The van der Waals surface area contributed by atoms with E-state index < -0.39 is 15.6 Å². The molecule has 0 unspecified atom stereocenters. The Hall–Kier alpha value is -1.61. The van der Waals surface area contributed by atoms with E-state index in [-0.39, 0.29) is 10.1 Å². The van der Waals surface area contributed by atoms with Gasteiger partial charge in [-0.1, -0.05) is 20.8 Å². The highest BCUT2D eigenvalue weighted by Gasteiger charge is 2.40. The van der Waals surface area contributed by atoms with Gasteiger partial charge in [-0.3, -0.25) is 0 Å². The third kappa shape index (κ3) is 6.20. The Labute approximate surface area is 160 Å². The molecule has 28 heavy (non-hydrogen) atoms. The van der Waals surface area contributed by atoms with Gasteiger partial charge >= 0.3 is 17.5 Å². The van der Waals surface area contributed by atoms with E-state index in [4.69, 9.17) is 27.3 Å². The predicted molar refractivity (Wildman–Crippen MR) is 90.2 cm³/mol. The third-order valence-corrected chi connectivity index (χ3v) is 4.21. The Morgan fingerprint density at radius 1 is 1.07 bits per heavy atom. The molecule has 0 amide bonds. The maximum Gasteiger partial charge on any atom is 0.485 e. The molecule has 162 valence electrons. The summed E-state index contributed by atoms with van der Waals surface area (Å²) in [6.07, 6.45) is 0. The fourth-order valence-corrected chi connectivity index (χ4v) is 2.06. The van der Waals surface area contributed by atoms with Crippen molar-refractivity contribution in [2.75, 3.05) is 40.5 Å². The van der Waals surface area contributed by atoms with E-state index in [1.54, 1.807) is 14.2 Å². The lowest BCUT2D eigenvalue weighted by molar-refractivity contribution is -0.166. The summed E-state index contributed by atoms with van der Waals surface area (Å²) in [7, 11) is -2.87. The van der Waals surface area contributed by atoms with Gasteiger partial charge in [-0.15, -0.1) is 9.63 Å². The van der Waals surface area contributed by atoms with Crippen molar-refractivity contribution >= 4 is 16.1 Å². The number of halogens is 3. The summed E-state index contributed by atoms with van der Waals surface area (Å²) >= 11 is 0. The average molecular weight is 432 g/mol. The van der Waals surface area contributed by atoms with Crippen LogP contribution in [0.3, 0.4) is 0 Å². The number of ether oxygens (including phenoxy) is 2. The molecule has 1 aliphatic heterocycles. The molecule has 14 heteroatoms. The lowest BCUT2D eigenvalue weighted by Gasteiger charge is -2.34. The first-order valence-corrected chi connectivity index (χ1v) is 9.41. The molecular formula is C14H23F3N4O6S. The summed E-state index contributed by atoms with van der Waals surface area (Å²) in [6.45, 7) is 8.76. The van der Waals surface area contributed by atoms with E-state index >= 15 is 0 Å². The Balaban J connectivity index is 0.000000416. The van der Waals surface area contributed by atoms with Crippen LogP contribution in [-0.4, -0.2) is 74.0 Å². The Morgan fingerprint density at radius 2 is 1.57 bits per heavy atom. The van der Waals surface area contributed by atoms with Crippen molar-refractivity contribution in [2.24, 2.45) is 0 Å². The fraction of sp³-hybridized carbons (Fsp3) is 0.786. The molecule has 0 aliphatic carbocycles. The zero-order valence-electron chi connectivity index (χ0n) is 16.1. The van der Waals surface area contributed by atoms with Gasteiger partial charge in [-0.2, -0.15) is 28.0 Å². The molecule has 0 spiro atoms. The average Bonchev–Trinajstić information content (AvgIpc) is 2.60. The lowest BCUT2D eigenvalue weighted by Crippen LogP contribution is -2.56. The van der Waals surface area contributed by atoms with E-state index in [1.807, 2.05) is 0 Å². The zero-order chi connectivity index (χ0) is 21.8. The molecule has 0 saturated carbocycles. The minimum atomic E-state index is -6.09. The second kappa shape index (κ2) is 8.82. The van der Waals surface area contributed by atoms with Gasteiger partial charge < -0.3 is 14.0 Å². The molecular weight excluding hydrogens is 409 g/mol. The molecule has 1 aliphatic rings. The van der Waals surface area contributed by atoms with Gasteiger partial charge in [0.25, 0.3) is 0 Å². The Bertz CT molecular complexity index is 761. The number of rotatable bonds is 3. The Morgan fingerprint density at radius 3 is 1.93 bits per heavy atom. The molecule has 1 fully saturated rings. The minimum Gasteiger partial charge on any atom is -0.741 e. The van der Waals surface area contributed by atoms with Gasteiger partial charge in [0.2, 0.25) is 0 Å². The number of methoxy groups -OCH3 is 1. The van der Waals surface area contributed by atoms with Crippen LogP contribution in [-0.2, 0) is 25.1 Å². The zero-order valence-corrected chi connectivity index (χ0v) is 16.9. The third-order valence-electron chi connectivity index (χ3n) is 3.65. The maximum atomic E-state index is 10.7. The predicted octanol–water partition coefficient (Wildman–Crippen LogP) is 1.13. The molecule has 10 nitrogen and oxygen atoms in total. The van der Waals surface area contributed by atoms with Crippen LogP contribution in [0.25, 0.3) is 0 Å². The summed E-state index contributed by atoms with van der Waals surface area (Å²) < 4.78 is 69.8. The summed E-state index contributed by atoms with van der Waals surface area (Å²) in [6, 6.07) is 0.320. The monoisotopic (exact) mass is 432 g/mol. The number of aromatic nitrogens is 3. The number of hydrogen-bond donors (Lipinski definition) is 0. The number of alkyl halides is 3. The van der Waals surface area contributed by atoms with Crippen LogP contribution in [0.2, 0.25) is 0 Å². The normalized spacial score (nSPS) is 17.5. The molecule has 0 N–H and O–H groups in total. The topological polar surface area (TPSA) is 124 Å². The van der Waals surface area contributed by atoms with Crippen molar-refractivity contribution in [3.8, 4) is 6.01 Å². The van der Waals surface area contributed by atoms with Crippen LogP contribution in [0.4, 0.5) is 19.1 Å². The van der Waals surface area contributed by atoms with E-state index in [0.717, 1.165) is 0 Å². The molecule has 1 aromatic heterocycles. The highest BCUT2D eigenvalue weighted by atomic mass is 32.2. The van der Waals surface area contributed by atoms with Crippen LogP contribution in [0.5, 0.6) is 6.01 Å².